The molecule has 0 spiro atoms. The molecule has 0 saturated carbocycles. The molecule has 7 nitrogen and oxygen atoms in total. The monoisotopic (exact) mass is 447 g/mol. The van der Waals surface area contributed by atoms with Crippen molar-refractivity contribution in [1.29, 1.82) is 0 Å². The van der Waals surface area contributed by atoms with E-state index < -0.39 is 34.1 Å². The topological polar surface area (TPSA) is 83.8 Å². The second-order valence-electron chi connectivity index (χ2n) is 7.60. The first-order valence-electron chi connectivity index (χ1n) is 10.0. The number of carbonyl (C=O) groups is 2. The number of nitro groups is 1. The summed E-state index contributed by atoms with van der Waals surface area (Å²) in [5.41, 5.74) is 1.28. The Morgan fingerprint density at radius 3 is 2.33 bits per heavy atom. The molecule has 0 atom stereocenters. The number of imide groups is 1. The molecule has 33 heavy (non-hydrogen) atoms. The molecule has 164 valence electrons. The largest absolute Gasteiger partial charge is 0.336 e. The maximum Gasteiger partial charge on any atom is 0.282 e. The number of anilines is 2. The summed E-state index contributed by atoms with van der Waals surface area (Å²) in [6.45, 7) is 0.406. The van der Waals surface area contributed by atoms with Crippen LogP contribution in [-0.2, 0) is 16.0 Å². The minimum atomic E-state index is -0.927. The van der Waals surface area contributed by atoms with Gasteiger partial charge in [-0.2, -0.15) is 0 Å². The minimum absolute atomic E-state index is 0.0162. The molecule has 3 aromatic carbocycles. The summed E-state index contributed by atoms with van der Waals surface area (Å²) in [4.78, 5) is 39.8. The fraction of sp³-hybridized carbons (Fsp3) is 0.0833. The van der Waals surface area contributed by atoms with E-state index >= 15 is 0 Å². The summed E-state index contributed by atoms with van der Waals surface area (Å²) in [6, 6.07) is 15.1. The van der Waals surface area contributed by atoms with Gasteiger partial charge in [-0.25, -0.2) is 13.7 Å². The van der Waals surface area contributed by atoms with Crippen LogP contribution in [0.3, 0.4) is 0 Å². The maximum atomic E-state index is 14.6. The summed E-state index contributed by atoms with van der Waals surface area (Å²) in [5, 5.41) is 11.0. The zero-order valence-corrected chi connectivity index (χ0v) is 17.0. The lowest BCUT2D eigenvalue weighted by Gasteiger charge is -2.22. The van der Waals surface area contributed by atoms with E-state index in [1.54, 1.807) is 11.0 Å². The third-order valence-corrected chi connectivity index (χ3v) is 5.73. The molecule has 2 aliphatic heterocycles. The normalized spacial score (nSPS) is 15.5. The van der Waals surface area contributed by atoms with Crippen LogP contribution in [0.25, 0.3) is 5.57 Å². The van der Waals surface area contributed by atoms with Gasteiger partial charge in [0.05, 0.1) is 16.2 Å². The SMILES string of the molecule is O=C1C(c2ccc([N+](=O)[O-])cc2)=C(N2CCc3ccccc32)C(=O)N1c1cc(F)ccc1F. The third-order valence-electron chi connectivity index (χ3n) is 5.73. The Hall–Kier alpha value is -4.40. The number of benzene rings is 3. The van der Waals surface area contributed by atoms with Crippen LogP contribution in [-0.4, -0.2) is 23.3 Å². The Labute approximate surface area is 186 Å². The minimum Gasteiger partial charge on any atom is -0.336 e. The van der Waals surface area contributed by atoms with Crippen molar-refractivity contribution in [3.8, 4) is 0 Å². The van der Waals surface area contributed by atoms with Gasteiger partial charge in [0.1, 0.15) is 17.3 Å². The van der Waals surface area contributed by atoms with Crippen LogP contribution in [0.1, 0.15) is 11.1 Å². The molecule has 0 radical (unpaired) electrons. The molecule has 3 aromatic rings. The quantitative estimate of drug-likeness (QED) is 0.340. The van der Waals surface area contributed by atoms with E-state index in [-0.39, 0.29) is 22.5 Å². The smallest absolute Gasteiger partial charge is 0.282 e. The van der Waals surface area contributed by atoms with E-state index in [4.69, 9.17) is 0 Å². The fourth-order valence-electron chi connectivity index (χ4n) is 4.23. The number of fused-ring (bicyclic) bond motifs is 1. The number of amides is 2. The van der Waals surface area contributed by atoms with Crippen LogP contribution < -0.4 is 9.80 Å². The highest BCUT2D eigenvalue weighted by Gasteiger charge is 2.45. The van der Waals surface area contributed by atoms with Crippen LogP contribution in [0.2, 0.25) is 0 Å². The van der Waals surface area contributed by atoms with E-state index in [0.29, 0.717) is 17.9 Å². The lowest BCUT2D eigenvalue weighted by Crippen LogP contribution is -2.35. The fourth-order valence-corrected chi connectivity index (χ4v) is 4.23. The highest BCUT2D eigenvalue weighted by molar-refractivity contribution is 6.46. The molecule has 0 aromatic heterocycles. The Kier molecular flexibility index (Phi) is 4.74. The van der Waals surface area contributed by atoms with Gasteiger partial charge in [-0.15, -0.1) is 0 Å². The zero-order chi connectivity index (χ0) is 23.3. The molecule has 9 heteroatoms. The highest BCUT2D eigenvalue weighted by atomic mass is 19.1. The van der Waals surface area contributed by atoms with Gasteiger partial charge in [-0.3, -0.25) is 19.7 Å². The van der Waals surface area contributed by atoms with Crippen LogP contribution in [0, 0.1) is 21.7 Å². The summed E-state index contributed by atoms with van der Waals surface area (Å²) in [6.07, 6.45) is 0.628. The van der Waals surface area contributed by atoms with Crippen LogP contribution in [0.5, 0.6) is 0 Å². The Morgan fingerprint density at radius 2 is 1.61 bits per heavy atom. The molecule has 2 amide bonds. The van der Waals surface area contributed by atoms with Crippen molar-refractivity contribution in [2.75, 3.05) is 16.3 Å². The zero-order valence-electron chi connectivity index (χ0n) is 17.0. The van der Waals surface area contributed by atoms with Crippen molar-refractivity contribution in [1.82, 2.24) is 0 Å². The summed E-state index contributed by atoms with van der Waals surface area (Å²) in [5.74, 6) is -3.36. The van der Waals surface area contributed by atoms with Crippen LogP contribution in [0.15, 0.2) is 72.4 Å². The number of non-ortho nitro benzene ring substituents is 1. The highest BCUT2D eigenvalue weighted by Crippen LogP contribution is 2.40. The van der Waals surface area contributed by atoms with E-state index in [1.807, 2.05) is 18.2 Å². The Morgan fingerprint density at radius 1 is 0.879 bits per heavy atom. The van der Waals surface area contributed by atoms with Crippen LogP contribution in [0.4, 0.5) is 25.8 Å². The first-order chi connectivity index (χ1) is 15.9. The van der Waals surface area contributed by atoms with Gasteiger partial charge in [0.15, 0.2) is 0 Å². The average molecular weight is 447 g/mol. The predicted octanol–water partition coefficient (Wildman–Crippen LogP) is 4.22. The Balaban J connectivity index is 1.69. The molecular formula is C24H15F2N3O4. The number of nitrogens with zero attached hydrogens (tertiary/aromatic N) is 3. The molecule has 2 aliphatic rings. The van der Waals surface area contributed by atoms with E-state index in [9.17, 15) is 28.5 Å². The molecule has 0 aliphatic carbocycles. The molecule has 0 unspecified atom stereocenters. The second-order valence-corrected chi connectivity index (χ2v) is 7.60. The first kappa shape index (κ1) is 20.5. The van der Waals surface area contributed by atoms with Gasteiger partial charge in [0.2, 0.25) is 0 Å². The molecule has 0 saturated heterocycles. The lowest BCUT2D eigenvalue weighted by molar-refractivity contribution is -0.384. The van der Waals surface area contributed by atoms with Crippen molar-refractivity contribution >= 4 is 34.4 Å². The molecular weight excluding hydrogens is 432 g/mol. The van der Waals surface area contributed by atoms with Crippen molar-refractivity contribution in [2.24, 2.45) is 0 Å². The van der Waals surface area contributed by atoms with Gasteiger partial charge in [0, 0.05) is 30.4 Å². The molecule has 5 rings (SSSR count). The lowest BCUT2D eigenvalue weighted by atomic mass is 10.0. The number of halogens is 2. The van der Waals surface area contributed by atoms with Gasteiger partial charge in [-0.05, 0) is 47.9 Å². The summed E-state index contributed by atoms with van der Waals surface area (Å²) >= 11 is 0. The van der Waals surface area contributed by atoms with E-state index in [2.05, 4.69) is 0 Å². The van der Waals surface area contributed by atoms with Crippen molar-refractivity contribution in [3.05, 3.63) is 105 Å². The van der Waals surface area contributed by atoms with Gasteiger partial charge in [0.25, 0.3) is 17.5 Å². The molecule has 2 heterocycles. The van der Waals surface area contributed by atoms with E-state index in [1.165, 1.54) is 24.3 Å². The van der Waals surface area contributed by atoms with Crippen molar-refractivity contribution in [3.63, 3.8) is 0 Å². The summed E-state index contributed by atoms with van der Waals surface area (Å²) in [7, 11) is 0. The average Bonchev–Trinajstić information content (AvgIpc) is 3.33. The third kappa shape index (κ3) is 3.25. The molecule has 0 fully saturated rings. The van der Waals surface area contributed by atoms with Crippen LogP contribution >= 0.6 is 0 Å². The van der Waals surface area contributed by atoms with Gasteiger partial charge in [-0.1, -0.05) is 18.2 Å². The maximum absolute atomic E-state index is 14.6. The number of carbonyl (C=O) groups excluding carboxylic acids is 2. The molecule has 0 N–H and O–H groups in total. The van der Waals surface area contributed by atoms with Gasteiger partial charge >= 0.3 is 0 Å². The second kappa shape index (κ2) is 7.63. The van der Waals surface area contributed by atoms with E-state index in [0.717, 1.165) is 29.4 Å². The standard InChI is InChI=1S/C24H15F2N3O4/c25-16-7-10-18(26)20(13-16)28-23(30)21(15-5-8-17(9-6-15)29(32)33)22(24(28)31)27-12-11-14-3-1-2-4-19(14)27/h1-10,13H,11-12H2. The number of nitro benzene ring substituents is 1. The van der Waals surface area contributed by atoms with Crippen molar-refractivity contribution in [2.45, 2.75) is 6.42 Å². The number of para-hydroxylation sites is 1. The summed E-state index contributed by atoms with van der Waals surface area (Å²) < 4.78 is 28.4. The first-order valence-corrected chi connectivity index (χ1v) is 10.0. The Bertz CT molecular complexity index is 1370. The number of rotatable bonds is 4. The molecule has 0 bridgehead atoms. The number of hydrogen-bond donors (Lipinski definition) is 0. The predicted molar refractivity (Wildman–Crippen MR) is 116 cm³/mol. The van der Waals surface area contributed by atoms with Gasteiger partial charge < -0.3 is 4.90 Å². The van der Waals surface area contributed by atoms with Crippen molar-refractivity contribution < 1.29 is 23.3 Å². The number of hydrogen-bond acceptors (Lipinski definition) is 5.